The number of benzene rings is 1. The van der Waals surface area contributed by atoms with Gasteiger partial charge in [-0.05, 0) is 33.3 Å². The van der Waals surface area contributed by atoms with Crippen LogP contribution in [-0.4, -0.2) is 19.0 Å². The molecule has 0 saturated carbocycles. The topological polar surface area (TPSA) is 3.24 Å². The molecule has 94 valence electrons. The first kappa shape index (κ1) is 15.5. The van der Waals surface area contributed by atoms with Gasteiger partial charge in [0.05, 0.1) is 0 Å². The van der Waals surface area contributed by atoms with Crippen LogP contribution in [0.4, 0.5) is 0 Å². The molecule has 0 heterocycles. The molecule has 0 radical (unpaired) electrons. The average molecular weight is 231 g/mol. The van der Waals surface area contributed by atoms with Crippen molar-refractivity contribution in [1.82, 2.24) is 4.90 Å². The van der Waals surface area contributed by atoms with E-state index in [4.69, 9.17) is 0 Å². The predicted octanol–water partition coefficient (Wildman–Crippen LogP) is 4.41. The van der Waals surface area contributed by atoms with Crippen molar-refractivity contribution in [1.29, 1.82) is 0 Å². The van der Waals surface area contributed by atoms with Crippen LogP contribution < -0.4 is 0 Å². The highest BCUT2D eigenvalue weighted by Crippen LogP contribution is 2.12. The largest absolute Gasteiger partial charge is 0.381 e. The van der Waals surface area contributed by atoms with Crippen LogP contribution in [0.5, 0.6) is 0 Å². The number of hydrogen-bond donors (Lipinski definition) is 0. The molecule has 0 aromatic heterocycles. The van der Waals surface area contributed by atoms with Gasteiger partial charge in [0.15, 0.2) is 0 Å². The smallest absolute Gasteiger partial charge is 0.0128 e. The van der Waals surface area contributed by atoms with E-state index in [9.17, 15) is 0 Å². The fourth-order valence-electron chi connectivity index (χ4n) is 1.18. The first-order valence-corrected chi connectivity index (χ1v) is 5.88. The number of nitrogens with zero attached hydrogens (tertiary/aromatic N) is 1. The van der Waals surface area contributed by atoms with Crippen molar-refractivity contribution in [2.75, 3.05) is 14.1 Å². The molecule has 0 unspecified atom stereocenters. The van der Waals surface area contributed by atoms with Gasteiger partial charge in [0, 0.05) is 19.8 Å². The second-order valence-corrected chi connectivity index (χ2v) is 4.54. The standard InChI is InChI=1S/C9H17N.C7H8/c1-7(2)8(3)9(4)10(5)6;1-7-5-3-2-4-6-7/h1H2,2-6H3;2-6H,1H3/b9-8-;. The Kier molecular flexibility index (Phi) is 7.04. The van der Waals surface area contributed by atoms with Crippen LogP contribution in [0.2, 0.25) is 0 Å². The van der Waals surface area contributed by atoms with Crippen molar-refractivity contribution in [3.8, 4) is 0 Å². The summed E-state index contributed by atoms with van der Waals surface area (Å²) in [6.07, 6.45) is 0. The van der Waals surface area contributed by atoms with Gasteiger partial charge in [-0.3, -0.25) is 0 Å². The molecule has 0 aliphatic heterocycles. The molecular weight excluding hydrogens is 206 g/mol. The average Bonchev–Trinajstić information content (AvgIpc) is 2.28. The van der Waals surface area contributed by atoms with Crippen molar-refractivity contribution in [2.45, 2.75) is 27.7 Å². The van der Waals surface area contributed by atoms with E-state index in [0.717, 1.165) is 5.57 Å². The molecule has 0 aliphatic carbocycles. The van der Waals surface area contributed by atoms with Crippen molar-refractivity contribution in [2.24, 2.45) is 0 Å². The van der Waals surface area contributed by atoms with Gasteiger partial charge in [-0.2, -0.15) is 0 Å². The van der Waals surface area contributed by atoms with Crippen molar-refractivity contribution in [3.05, 3.63) is 59.3 Å². The highest BCUT2D eigenvalue weighted by Gasteiger charge is 1.97. The zero-order chi connectivity index (χ0) is 13.4. The summed E-state index contributed by atoms with van der Waals surface area (Å²) in [6.45, 7) is 12.2. The van der Waals surface area contributed by atoms with Crippen LogP contribution in [0.15, 0.2) is 53.8 Å². The summed E-state index contributed by atoms with van der Waals surface area (Å²) < 4.78 is 0. The lowest BCUT2D eigenvalue weighted by molar-refractivity contribution is 0.508. The van der Waals surface area contributed by atoms with Crippen LogP contribution >= 0.6 is 0 Å². The van der Waals surface area contributed by atoms with Crippen LogP contribution in [0, 0.1) is 6.92 Å². The number of rotatable bonds is 2. The first-order chi connectivity index (χ1) is 7.86. The maximum absolute atomic E-state index is 3.87. The normalized spacial score (nSPS) is 10.9. The quantitative estimate of drug-likeness (QED) is 0.681. The molecule has 1 nitrogen and oxygen atoms in total. The predicted molar refractivity (Wildman–Crippen MR) is 78.1 cm³/mol. The van der Waals surface area contributed by atoms with Gasteiger partial charge >= 0.3 is 0 Å². The fraction of sp³-hybridized carbons (Fsp3) is 0.375. The summed E-state index contributed by atoms with van der Waals surface area (Å²) in [5, 5.41) is 0. The third kappa shape index (κ3) is 6.62. The Morgan fingerprint density at radius 2 is 1.47 bits per heavy atom. The summed E-state index contributed by atoms with van der Waals surface area (Å²) in [5.41, 5.74) is 5.03. The highest BCUT2D eigenvalue weighted by atomic mass is 15.1. The lowest BCUT2D eigenvalue weighted by Gasteiger charge is -2.16. The third-order valence-corrected chi connectivity index (χ3v) is 2.79. The van der Waals surface area contributed by atoms with Gasteiger partial charge in [0.2, 0.25) is 0 Å². The van der Waals surface area contributed by atoms with Crippen LogP contribution in [0.3, 0.4) is 0 Å². The number of aryl methyl sites for hydroxylation is 1. The molecule has 0 aliphatic rings. The lowest BCUT2D eigenvalue weighted by atomic mass is 10.1. The summed E-state index contributed by atoms with van der Waals surface area (Å²) in [6, 6.07) is 10.3. The van der Waals surface area contributed by atoms with Gasteiger partial charge in [-0.15, -0.1) is 0 Å². The first-order valence-electron chi connectivity index (χ1n) is 5.88. The molecule has 0 spiro atoms. The van der Waals surface area contributed by atoms with Crippen molar-refractivity contribution in [3.63, 3.8) is 0 Å². The van der Waals surface area contributed by atoms with Crippen LogP contribution in [0.1, 0.15) is 26.3 Å². The van der Waals surface area contributed by atoms with Gasteiger partial charge in [0.25, 0.3) is 0 Å². The maximum Gasteiger partial charge on any atom is 0.0128 e. The minimum atomic E-state index is 1.14. The van der Waals surface area contributed by atoms with Crippen molar-refractivity contribution >= 4 is 0 Å². The van der Waals surface area contributed by atoms with E-state index >= 15 is 0 Å². The second-order valence-electron chi connectivity index (χ2n) is 4.54. The lowest BCUT2D eigenvalue weighted by Crippen LogP contribution is -2.10. The van der Waals surface area contributed by atoms with E-state index in [1.807, 2.05) is 39.2 Å². The van der Waals surface area contributed by atoms with E-state index in [1.54, 1.807) is 0 Å². The molecule has 1 heteroatoms. The second kappa shape index (κ2) is 7.72. The van der Waals surface area contributed by atoms with E-state index in [-0.39, 0.29) is 0 Å². The maximum atomic E-state index is 3.87. The van der Waals surface area contributed by atoms with Gasteiger partial charge in [0.1, 0.15) is 0 Å². The minimum absolute atomic E-state index is 1.14. The molecule has 0 fully saturated rings. The van der Waals surface area contributed by atoms with E-state index in [0.29, 0.717) is 0 Å². The summed E-state index contributed by atoms with van der Waals surface area (Å²) >= 11 is 0. The molecule has 1 rings (SSSR count). The SMILES string of the molecule is C=C(C)/C(C)=C(/C)N(C)C.Cc1ccccc1. The van der Waals surface area contributed by atoms with Gasteiger partial charge < -0.3 is 4.90 Å². The number of allylic oxidation sites excluding steroid dienone is 3. The third-order valence-electron chi connectivity index (χ3n) is 2.79. The monoisotopic (exact) mass is 231 g/mol. The molecule has 1 aromatic rings. The van der Waals surface area contributed by atoms with E-state index in [1.165, 1.54) is 16.8 Å². The summed E-state index contributed by atoms with van der Waals surface area (Å²) in [7, 11) is 4.09. The molecule has 0 bridgehead atoms. The summed E-state index contributed by atoms with van der Waals surface area (Å²) in [5.74, 6) is 0. The Labute approximate surface area is 106 Å². The van der Waals surface area contributed by atoms with Gasteiger partial charge in [-0.1, -0.05) is 48.0 Å². The summed E-state index contributed by atoms with van der Waals surface area (Å²) in [4.78, 5) is 2.10. The van der Waals surface area contributed by atoms with E-state index < -0.39 is 0 Å². The molecule has 0 atom stereocenters. The van der Waals surface area contributed by atoms with E-state index in [2.05, 4.69) is 44.4 Å². The van der Waals surface area contributed by atoms with Crippen molar-refractivity contribution < 1.29 is 0 Å². The minimum Gasteiger partial charge on any atom is -0.381 e. The molecular formula is C16H25N. The molecule has 0 N–H and O–H groups in total. The fourth-order valence-corrected chi connectivity index (χ4v) is 1.18. The molecule has 17 heavy (non-hydrogen) atoms. The molecule has 1 aromatic carbocycles. The van der Waals surface area contributed by atoms with Crippen LogP contribution in [0.25, 0.3) is 0 Å². The van der Waals surface area contributed by atoms with Gasteiger partial charge in [-0.25, -0.2) is 0 Å². The Morgan fingerprint density at radius 1 is 1.00 bits per heavy atom. The Balaban J connectivity index is 0.000000318. The molecule has 0 amide bonds. The van der Waals surface area contributed by atoms with Crippen LogP contribution in [-0.2, 0) is 0 Å². The Bertz CT molecular complexity index is 372. The zero-order valence-electron chi connectivity index (χ0n) is 12.0. The molecule has 0 saturated heterocycles. The Morgan fingerprint density at radius 3 is 1.65 bits per heavy atom. The Hall–Kier alpha value is -1.50. The zero-order valence-corrected chi connectivity index (χ0v) is 12.0. The highest BCUT2D eigenvalue weighted by molar-refractivity contribution is 5.27. The number of hydrogen-bond acceptors (Lipinski definition) is 1.